The molecule has 0 aliphatic carbocycles. The van der Waals surface area contributed by atoms with E-state index in [9.17, 15) is 0 Å². The average Bonchev–Trinajstić information content (AvgIpc) is 2.58. The molecule has 1 aromatic heterocycles. The van der Waals surface area contributed by atoms with Crippen molar-refractivity contribution in [1.29, 1.82) is 5.26 Å². The van der Waals surface area contributed by atoms with Crippen LogP contribution in [0.25, 0.3) is 11.3 Å². The van der Waals surface area contributed by atoms with Gasteiger partial charge < -0.3 is 9.47 Å². The summed E-state index contributed by atoms with van der Waals surface area (Å²) < 4.78 is 10.6. The van der Waals surface area contributed by atoms with E-state index in [1.165, 1.54) is 11.8 Å². The lowest BCUT2D eigenvalue weighted by molar-refractivity contribution is 0.355. The summed E-state index contributed by atoms with van der Waals surface area (Å²) in [6.45, 7) is 3.69. The van der Waals surface area contributed by atoms with Gasteiger partial charge in [-0.25, -0.2) is 4.98 Å². The van der Waals surface area contributed by atoms with Crippen LogP contribution in [0.1, 0.15) is 5.56 Å². The molecule has 0 aliphatic heterocycles. The highest BCUT2D eigenvalue weighted by Gasteiger charge is 2.10. The molecule has 0 saturated heterocycles. The van der Waals surface area contributed by atoms with E-state index < -0.39 is 0 Å². The Balaban J connectivity index is 2.44. The number of hydrogen-bond acceptors (Lipinski definition) is 5. The van der Waals surface area contributed by atoms with Gasteiger partial charge in [0.05, 0.1) is 25.5 Å². The van der Waals surface area contributed by atoms with Crippen molar-refractivity contribution in [2.45, 2.75) is 5.03 Å². The number of hydrogen-bond donors (Lipinski definition) is 0. The van der Waals surface area contributed by atoms with Gasteiger partial charge in [-0.3, -0.25) is 0 Å². The van der Waals surface area contributed by atoms with Gasteiger partial charge in [0.1, 0.15) is 11.1 Å². The maximum atomic E-state index is 9.16. The third-order valence-electron chi connectivity index (χ3n) is 3.00. The summed E-state index contributed by atoms with van der Waals surface area (Å²) in [5, 5.41) is 9.87. The largest absolute Gasteiger partial charge is 0.493 e. The molecule has 22 heavy (non-hydrogen) atoms. The van der Waals surface area contributed by atoms with Crippen molar-refractivity contribution in [3.05, 3.63) is 48.6 Å². The molecule has 1 heterocycles. The van der Waals surface area contributed by atoms with Gasteiger partial charge in [0.15, 0.2) is 11.5 Å². The minimum absolute atomic E-state index is 0.566. The van der Waals surface area contributed by atoms with Crippen LogP contribution < -0.4 is 9.47 Å². The van der Waals surface area contributed by atoms with E-state index in [1.54, 1.807) is 26.4 Å². The molecule has 0 aliphatic rings. The second kappa shape index (κ2) is 7.53. The lowest BCUT2D eigenvalue weighted by atomic mass is 10.1. The molecule has 5 heteroatoms. The number of ether oxygens (including phenoxy) is 2. The molecular weight excluding hydrogens is 296 g/mol. The smallest absolute Gasteiger partial charge is 0.161 e. The second-order valence-electron chi connectivity index (χ2n) is 4.33. The zero-order chi connectivity index (χ0) is 15.9. The van der Waals surface area contributed by atoms with Crippen LogP contribution in [0, 0.1) is 11.3 Å². The number of methoxy groups -OCH3 is 2. The Labute approximate surface area is 134 Å². The number of benzene rings is 1. The molecule has 1 aromatic carbocycles. The van der Waals surface area contributed by atoms with Crippen molar-refractivity contribution in [3.8, 4) is 28.8 Å². The molecule has 4 nitrogen and oxygen atoms in total. The van der Waals surface area contributed by atoms with Gasteiger partial charge >= 0.3 is 0 Å². The van der Waals surface area contributed by atoms with Crippen LogP contribution in [0.5, 0.6) is 11.5 Å². The SMILES string of the molecule is C=CCSc1nc(-c2ccc(OC)c(OC)c2)ccc1C#N. The maximum Gasteiger partial charge on any atom is 0.161 e. The third-order valence-corrected chi connectivity index (χ3v) is 3.98. The summed E-state index contributed by atoms with van der Waals surface area (Å²) in [6, 6.07) is 11.4. The van der Waals surface area contributed by atoms with Crippen molar-refractivity contribution >= 4 is 11.8 Å². The van der Waals surface area contributed by atoms with E-state index >= 15 is 0 Å². The second-order valence-corrected chi connectivity index (χ2v) is 5.34. The quantitative estimate of drug-likeness (QED) is 0.598. The Morgan fingerprint density at radius 1 is 1.23 bits per heavy atom. The van der Waals surface area contributed by atoms with Crippen molar-refractivity contribution in [2.24, 2.45) is 0 Å². The first-order valence-corrected chi connectivity index (χ1v) is 7.59. The fraction of sp³-hybridized carbons (Fsp3) is 0.176. The van der Waals surface area contributed by atoms with Gasteiger partial charge in [-0.1, -0.05) is 6.08 Å². The predicted octanol–water partition coefficient (Wildman–Crippen LogP) is 3.92. The molecule has 0 radical (unpaired) electrons. The monoisotopic (exact) mass is 312 g/mol. The maximum absolute atomic E-state index is 9.16. The Morgan fingerprint density at radius 2 is 2.00 bits per heavy atom. The Morgan fingerprint density at radius 3 is 2.64 bits per heavy atom. The van der Waals surface area contributed by atoms with Crippen LogP contribution in [0.15, 0.2) is 48.0 Å². The average molecular weight is 312 g/mol. The molecule has 0 unspecified atom stereocenters. The Bertz CT molecular complexity index is 723. The van der Waals surface area contributed by atoms with Crippen LogP contribution in [-0.4, -0.2) is 25.0 Å². The van der Waals surface area contributed by atoms with Gasteiger partial charge in [-0.15, -0.1) is 18.3 Å². The first kappa shape index (κ1) is 15.9. The molecule has 0 atom stereocenters. The summed E-state index contributed by atoms with van der Waals surface area (Å²) in [5.41, 5.74) is 2.25. The number of nitrogens with zero attached hydrogens (tertiary/aromatic N) is 2. The lowest BCUT2D eigenvalue weighted by Gasteiger charge is -2.10. The van der Waals surface area contributed by atoms with Gasteiger partial charge in [0, 0.05) is 11.3 Å². The van der Waals surface area contributed by atoms with E-state index in [0.29, 0.717) is 27.8 Å². The van der Waals surface area contributed by atoms with Crippen molar-refractivity contribution < 1.29 is 9.47 Å². The molecule has 0 fully saturated rings. The minimum Gasteiger partial charge on any atom is -0.493 e. The molecular formula is C17H16N2O2S. The highest BCUT2D eigenvalue weighted by molar-refractivity contribution is 7.99. The standard InChI is InChI=1S/C17H16N2O2S/c1-4-9-22-17-13(11-18)5-7-14(19-17)12-6-8-15(20-2)16(10-12)21-3/h4-8,10H,1,9H2,2-3H3. The highest BCUT2D eigenvalue weighted by atomic mass is 32.2. The van der Waals surface area contributed by atoms with Crippen LogP contribution in [-0.2, 0) is 0 Å². The van der Waals surface area contributed by atoms with E-state index in [-0.39, 0.29) is 0 Å². The zero-order valence-electron chi connectivity index (χ0n) is 12.5. The molecule has 0 spiro atoms. The van der Waals surface area contributed by atoms with Crippen LogP contribution in [0.4, 0.5) is 0 Å². The first-order chi connectivity index (χ1) is 10.7. The van der Waals surface area contributed by atoms with E-state index in [0.717, 1.165) is 11.3 Å². The minimum atomic E-state index is 0.566. The van der Waals surface area contributed by atoms with Crippen LogP contribution in [0.2, 0.25) is 0 Å². The topological polar surface area (TPSA) is 55.1 Å². The molecule has 0 amide bonds. The van der Waals surface area contributed by atoms with Crippen LogP contribution in [0.3, 0.4) is 0 Å². The molecule has 2 rings (SSSR count). The number of rotatable bonds is 6. The van der Waals surface area contributed by atoms with E-state index in [1.807, 2.05) is 24.3 Å². The van der Waals surface area contributed by atoms with Gasteiger partial charge in [-0.05, 0) is 30.3 Å². The fourth-order valence-electron chi connectivity index (χ4n) is 1.93. The summed E-state index contributed by atoms with van der Waals surface area (Å²) in [5.74, 6) is 2.02. The number of thioether (sulfide) groups is 1. The number of nitriles is 1. The van der Waals surface area contributed by atoms with Crippen molar-refractivity contribution in [2.75, 3.05) is 20.0 Å². The van der Waals surface area contributed by atoms with E-state index in [2.05, 4.69) is 17.6 Å². The van der Waals surface area contributed by atoms with Crippen molar-refractivity contribution in [3.63, 3.8) is 0 Å². The first-order valence-electron chi connectivity index (χ1n) is 6.60. The fourth-order valence-corrected chi connectivity index (χ4v) is 2.64. The molecule has 0 bridgehead atoms. The third kappa shape index (κ3) is 3.41. The van der Waals surface area contributed by atoms with E-state index in [4.69, 9.17) is 14.7 Å². The molecule has 112 valence electrons. The Kier molecular flexibility index (Phi) is 5.45. The van der Waals surface area contributed by atoms with Gasteiger partial charge in [0.2, 0.25) is 0 Å². The summed E-state index contributed by atoms with van der Waals surface area (Å²) in [6.07, 6.45) is 1.79. The highest BCUT2D eigenvalue weighted by Crippen LogP contribution is 2.32. The van der Waals surface area contributed by atoms with Crippen LogP contribution >= 0.6 is 11.8 Å². The number of aromatic nitrogens is 1. The molecule has 0 saturated carbocycles. The van der Waals surface area contributed by atoms with Gasteiger partial charge in [-0.2, -0.15) is 5.26 Å². The lowest BCUT2D eigenvalue weighted by Crippen LogP contribution is -1.94. The van der Waals surface area contributed by atoms with Crippen molar-refractivity contribution in [1.82, 2.24) is 4.98 Å². The number of pyridine rings is 1. The Hall–Kier alpha value is -2.45. The van der Waals surface area contributed by atoms with Gasteiger partial charge in [0.25, 0.3) is 0 Å². The summed E-state index contributed by atoms with van der Waals surface area (Å²) in [4.78, 5) is 4.58. The molecule has 2 aromatic rings. The predicted molar refractivity (Wildman–Crippen MR) is 88.4 cm³/mol. The summed E-state index contributed by atoms with van der Waals surface area (Å²) in [7, 11) is 3.20. The summed E-state index contributed by atoms with van der Waals surface area (Å²) >= 11 is 1.49. The molecule has 0 N–H and O–H groups in total. The zero-order valence-corrected chi connectivity index (χ0v) is 13.3. The normalized spacial score (nSPS) is 9.86.